The van der Waals surface area contributed by atoms with Crippen molar-refractivity contribution in [3.63, 3.8) is 0 Å². The second-order valence-electron chi connectivity index (χ2n) is 5.93. The van der Waals surface area contributed by atoms with Crippen molar-refractivity contribution in [1.29, 1.82) is 0 Å². The Morgan fingerprint density at radius 1 is 1.42 bits per heavy atom. The first-order chi connectivity index (χ1) is 8.90. The van der Waals surface area contributed by atoms with Crippen molar-refractivity contribution in [2.24, 2.45) is 5.41 Å². The number of hydrogen-bond acceptors (Lipinski definition) is 2. The third-order valence-electron chi connectivity index (χ3n) is 4.04. The largest absolute Gasteiger partial charge is 0.478 e. The van der Waals surface area contributed by atoms with E-state index in [1.54, 1.807) is 6.07 Å². The highest BCUT2D eigenvalue weighted by Crippen LogP contribution is 2.37. The number of hydrogen-bond donors (Lipinski definition) is 2. The fourth-order valence-electron chi connectivity index (χ4n) is 2.74. The zero-order chi connectivity index (χ0) is 14.0. The van der Waals surface area contributed by atoms with Crippen LogP contribution in [0.2, 0.25) is 0 Å². The number of benzene rings is 1. The SMILES string of the molecule is CC1(C)CCCCC1Nc1ccc(F)c(C(=O)O)c1. The maximum absolute atomic E-state index is 13.3. The molecule has 1 aromatic carbocycles. The number of aromatic carboxylic acids is 1. The summed E-state index contributed by atoms with van der Waals surface area (Å²) in [5.41, 5.74) is 0.577. The molecular weight excluding hydrogens is 245 g/mol. The van der Waals surface area contributed by atoms with Gasteiger partial charge in [-0.15, -0.1) is 0 Å². The summed E-state index contributed by atoms with van der Waals surface area (Å²) in [4.78, 5) is 10.9. The predicted octanol–water partition coefficient (Wildman–Crippen LogP) is 3.90. The van der Waals surface area contributed by atoms with Gasteiger partial charge < -0.3 is 10.4 Å². The number of carboxylic acid groups (broad SMARTS) is 1. The highest BCUT2D eigenvalue weighted by Gasteiger charge is 2.32. The smallest absolute Gasteiger partial charge is 0.338 e. The Kier molecular flexibility index (Phi) is 3.78. The zero-order valence-electron chi connectivity index (χ0n) is 11.4. The van der Waals surface area contributed by atoms with Crippen molar-refractivity contribution in [1.82, 2.24) is 0 Å². The average Bonchev–Trinajstić information content (AvgIpc) is 2.33. The van der Waals surface area contributed by atoms with Gasteiger partial charge in [-0.05, 0) is 36.5 Å². The van der Waals surface area contributed by atoms with Gasteiger partial charge in [0.25, 0.3) is 0 Å². The van der Waals surface area contributed by atoms with E-state index in [9.17, 15) is 9.18 Å². The molecule has 104 valence electrons. The first kappa shape index (κ1) is 13.8. The van der Waals surface area contributed by atoms with Gasteiger partial charge in [0.2, 0.25) is 0 Å². The maximum Gasteiger partial charge on any atom is 0.338 e. The standard InChI is InChI=1S/C15H20FNO2/c1-15(2)8-4-3-5-13(15)17-10-6-7-12(16)11(9-10)14(18)19/h6-7,9,13,17H,3-5,8H2,1-2H3,(H,18,19). The van der Waals surface area contributed by atoms with E-state index in [1.165, 1.54) is 25.0 Å². The second-order valence-corrected chi connectivity index (χ2v) is 5.93. The van der Waals surface area contributed by atoms with Gasteiger partial charge in [0.05, 0.1) is 5.56 Å². The van der Waals surface area contributed by atoms with Crippen LogP contribution in [0, 0.1) is 11.2 Å². The molecule has 1 unspecified atom stereocenters. The molecule has 0 heterocycles. The fourth-order valence-corrected chi connectivity index (χ4v) is 2.74. The molecule has 1 atom stereocenters. The van der Waals surface area contributed by atoms with E-state index >= 15 is 0 Å². The highest BCUT2D eigenvalue weighted by atomic mass is 19.1. The Morgan fingerprint density at radius 2 is 2.16 bits per heavy atom. The summed E-state index contributed by atoms with van der Waals surface area (Å²) in [6, 6.07) is 4.49. The number of carbonyl (C=O) groups is 1. The zero-order valence-corrected chi connectivity index (χ0v) is 11.4. The van der Waals surface area contributed by atoms with Gasteiger partial charge >= 0.3 is 5.97 Å². The van der Waals surface area contributed by atoms with Crippen LogP contribution < -0.4 is 5.32 Å². The quantitative estimate of drug-likeness (QED) is 0.871. The van der Waals surface area contributed by atoms with Gasteiger partial charge in [-0.25, -0.2) is 9.18 Å². The summed E-state index contributed by atoms with van der Waals surface area (Å²) in [7, 11) is 0. The first-order valence-corrected chi connectivity index (χ1v) is 6.69. The van der Waals surface area contributed by atoms with Gasteiger partial charge in [-0.3, -0.25) is 0 Å². The van der Waals surface area contributed by atoms with Gasteiger partial charge in [0.15, 0.2) is 0 Å². The van der Waals surface area contributed by atoms with E-state index in [0.717, 1.165) is 12.8 Å². The topological polar surface area (TPSA) is 49.3 Å². The molecule has 2 rings (SSSR count). The molecule has 1 aromatic rings. The van der Waals surface area contributed by atoms with Crippen LogP contribution in [0.15, 0.2) is 18.2 Å². The number of carboxylic acids is 1. The Balaban J connectivity index is 2.19. The Bertz CT molecular complexity index is 485. The summed E-state index contributed by atoms with van der Waals surface area (Å²) in [5.74, 6) is -1.93. The molecule has 1 aliphatic rings. The van der Waals surface area contributed by atoms with Crippen LogP contribution in [0.4, 0.5) is 10.1 Å². The third-order valence-corrected chi connectivity index (χ3v) is 4.04. The van der Waals surface area contributed by atoms with Gasteiger partial charge in [-0.2, -0.15) is 0 Å². The van der Waals surface area contributed by atoms with Crippen LogP contribution in [0.1, 0.15) is 49.9 Å². The minimum atomic E-state index is -1.23. The minimum Gasteiger partial charge on any atom is -0.478 e. The van der Waals surface area contributed by atoms with E-state index in [-0.39, 0.29) is 11.0 Å². The van der Waals surface area contributed by atoms with Crippen molar-refractivity contribution >= 4 is 11.7 Å². The monoisotopic (exact) mass is 265 g/mol. The lowest BCUT2D eigenvalue weighted by Crippen LogP contribution is -2.38. The molecule has 0 radical (unpaired) electrons. The van der Waals surface area contributed by atoms with Crippen molar-refractivity contribution in [3.05, 3.63) is 29.6 Å². The molecule has 1 saturated carbocycles. The predicted molar refractivity (Wildman–Crippen MR) is 73.0 cm³/mol. The fraction of sp³-hybridized carbons (Fsp3) is 0.533. The third kappa shape index (κ3) is 3.06. The van der Waals surface area contributed by atoms with E-state index in [2.05, 4.69) is 19.2 Å². The Hall–Kier alpha value is -1.58. The Morgan fingerprint density at radius 3 is 2.79 bits per heavy atom. The molecule has 2 N–H and O–H groups in total. The lowest BCUT2D eigenvalue weighted by atomic mass is 9.73. The summed E-state index contributed by atoms with van der Waals surface area (Å²) < 4.78 is 13.3. The van der Waals surface area contributed by atoms with Crippen molar-refractivity contribution in [3.8, 4) is 0 Å². The van der Waals surface area contributed by atoms with E-state index < -0.39 is 11.8 Å². The van der Waals surface area contributed by atoms with Crippen LogP contribution >= 0.6 is 0 Å². The average molecular weight is 265 g/mol. The van der Waals surface area contributed by atoms with E-state index in [0.29, 0.717) is 11.7 Å². The molecule has 0 saturated heterocycles. The highest BCUT2D eigenvalue weighted by molar-refractivity contribution is 5.89. The van der Waals surface area contributed by atoms with Gasteiger partial charge in [0, 0.05) is 11.7 Å². The van der Waals surface area contributed by atoms with Crippen LogP contribution in [0.25, 0.3) is 0 Å². The molecule has 0 bridgehead atoms. The maximum atomic E-state index is 13.3. The van der Waals surface area contributed by atoms with Crippen molar-refractivity contribution in [2.45, 2.75) is 45.6 Å². The normalized spacial score (nSPS) is 21.9. The molecule has 4 heteroatoms. The molecular formula is C15H20FNO2. The molecule has 19 heavy (non-hydrogen) atoms. The van der Waals surface area contributed by atoms with Crippen LogP contribution in [0.3, 0.4) is 0 Å². The lowest BCUT2D eigenvalue weighted by Gasteiger charge is -2.39. The molecule has 0 amide bonds. The van der Waals surface area contributed by atoms with E-state index in [1.807, 2.05) is 0 Å². The number of anilines is 1. The molecule has 1 aliphatic carbocycles. The molecule has 0 aromatic heterocycles. The summed E-state index contributed by atoms with van der Waals surface area (Å²) in [6.45, 7) is 4.43. The number of halogens is 1. The second kappa shape index (κ2) is 5.19. The Labute approximate surface area is 112 Å². The van der Waals surface area contributed by atoms with Crippen molar-refractivity contribution < 1.29 is 14.3 Å². The van der Waals surface area contributed by atoms with E-state index in [4.69, 9.17) is 5.11 Å². The summed E-state index contributed by atoms with van der Waals surface area (Å²) in [6.07, 6.45) is 4.62. The molecule has 3 nitrogen and oxygen atoms in total. The van der Waals surface area contributed by atoms with Crippen molar-refractivity contribution in [2.75, 3.05) is 5.32 Å². The molecule has 0 spiro atoms. The first-order valence-electron chi connectivity index (χ1n) is 6.69. The molecule has 1 fully saturated rings. The molecule has 0 aliphatic heterocycles. The van der Waals surface area contributed by atoms with Crippen LogP contribution in [-0.2, 0) is 0 Å². The summed E-state index contributed by atoms with van der Waals surface area (Å²) in [5, 5.41) is 12.3. The van der Waals surface area contributed by atoms with Gasteiger partial charge in [0.1, 0.15) is 5.82 Å². The number of nitrogens with one attached hydrogen (secondary N) is 1. The summed E-state index contributed by atoms with van der Waals surface area (Å²) >= 11 is 0. The number of rotatable bonds is 3. The van der Waals surface area contributed by atoms with Gasteiger partial charge in [-0.1, -0.05) is 26.7 Å². The minimum absolute atomic E-state index is 0.177. The van der Waals surface area contributed by atoms with Crippen LogP contribution in [-0.4, -0.2) is 17.1 Å². The lowest BCUT2D eigenvalue weighted by molar-refractivity contribution is 0.0692. The van der Waals surface area contributed by atoms with Crippen LogP contribution in [0.5, 0.6) is 0 Å².